The Hall–Kier alpha value is -2.01. The van der Waals surface area contributed by atoms with Crippen molar-refractivity contribution in [2.75, 3.05) is 7.11 Å². The Bertz CT molecular complexity index is 621. The molecule has 0 fully saturated rings. The van der Waals surface area contributed by atoms with Crippen LogP contribution in [-0.2, 0) is 28.6 Å². The summed E-state index contributed by atoms with van der Waals surface area (Å²) in [7, 11) is 1.26. The first-order chi connectivity index (χ1) is 16.3. The minimum atomic E-state index is -5.34. The van der Waals surface area contributed by atoms with E-state index in [0.717, 1.165) is 25.7 Å². The molecule has 0 heterocycles. The summed E-state index contributed by atoms with van der Waals surface area (Å²) in [5.41, 5.74) is 0. The number of ether oxygens (including phenoxy) is 3. The summed E-state index contributed by atoms with van der Waals surface area (Å²) in [6.07, 6.45) is -7.18. The molecule has 0 spiro atoms. The van der Waals surface area contributed by atoms with Gasteiger partial charge in [0.1, 0.15) is 12.2 Å². The van der Waals surface area contributed by atoms with E-state index in [1.54, 1.807) is 0 Å². The molecule has 0 N–H and O–H groups in total. The van der Waals surface area contributed by atoms with Gasteiger partial charge in [-0.1, -0.05) is 58.3 Å². The highest BCUT2D eigenvalue weighted by Crippen LogP contribution is 2.27. The molecule has 6 nitrogen and oxygen atoms in total. The number of halogens is 6. The third kappa shape index (κ3) is 16.3. The average Bonchev–Trinajstić information content (AvgIpc) is 2.77. The van der Waals surface area contributed by atoms with E-state index in [1.165, 1.54) is 7.11 Å². The van der Waals surface area contributed by atoms with Gasteiger partial charge in [0.05, 0.1) is 7.11 Å². The van der Waals surface area contributed by atoms with Crippen molar-refractivity contribution in [1.29, 1.82) is 0 Å². The Morgan fingerprint density at radius 2 is 1.00 bits per heavy atom. The summed E-state index contributed by atoms with van der Waals surface area (Å²) in [5.74, 6) is -5.45. The van der Waals surface area contributed by atoms with Crippen molar-refractivity contribution in [3.8, 4) is 0 Å². The summed E-state index contributed by atoms with van der Waals surface area (Å²) in [5, 5.41) is 0. The third-order valence-electron chi connectivity index (χ3n) is 5.33. The van der Waals surface area contributed by atoms with Crippen LogP contribution >= 0.6 is 0 Å². The number of methoxy groups -OCH3 is 1. The van der Waals surface area contributed by atoms with Gasteiger partial charge >= 0.3 is 30.3 Å². The van der Waals surface area contributed by atoms with Crippen molar-refractivity contribution in [1.82, 2.24) is 0 Å². The van der Waals surface area contributed by atoms with Gasteiger partial charge < -0.3 is 14.2 Å². The summed E-state index contributed by atoms with van der Waals surface area (Å²) in [6, 6.07) is 0. The highest BCUT2D eigenvalue weighted by molar-refractivity contribution is 5.76. The van der Waals surface area contributed by atoms with Crippen molar-refractivity contribution >= 4 is 17.9 Å². The molecule has 0 saturated carbocycles. The number of hydrogen-bond donors (Lipinski definition) is 0. The van der Waals surface area contributed by atoms with E-state index in [-0.39, 0.29) is 31.7 Å². The maximum absolute atomic E-state index is 12.8. The Morgan fingerprint density at radius 3 is 1.37 bits per heavy atom. The number of hydrogen-bond acceptors (Lipinski definition) is 6. The van der Waals surface area contributed by atoms with Gasteiger partial charge in [-0.25, -0.2) is 9.59 Å². The predicted molar refractivity (Wildman–Crippen MR) is 114 cm³/mol. The first-order valence-electron chi connectivity index (χ1n) is 11.9. The summed E-state index contributed by atoms with van der Waals surface area (Å²) in [6.45, 7) is 2.01. The zero-order chi connectivity index (χ0) is 26.9. The van der Waals surface area contributed by atoms with Crippen LogP contribution in [0.1, 0.15) is 96.8 Å². The van der Waals surface area contributed by atoms with Crippen LogP contribution in [0.3, 0.4) is 0 Å². The van der Waals surface area contributed by atoms with E-state index < -0.39 is 36.5 Å². The molecule has 0 amide bonds. The van der Waals surface area contributed by atoms with Crippen LogP contribution in [0.15, 0.2) is 0 Å². The van der Waals surface area contributed by atoms with Crippen LogP contribution in [0.5, 0.6) is 0 Å². The Morgan fingerprint density at radius 1 is 0.629 bits per heavy atom. The molecule has 0 aromatic rings. The molecule has 35 heavy (non-hydrogen) atoms. The second-order valence-corrected chi connectivity index (χ2v) is 8.32. The van der Waals surface area contributed by atoms with E-state index in [2.05, 4.69) is 14.2 Å². The van der Waals surface area contributed by atoms with E-state index in [1.807, 2.05) is 6.92 Å². The van der Waals surface area contributed by atoms with Gasteiger partial charge in [-0.3, -0.25) is 4.79 Å². The molecular weight excluding hydrogens is 486 g/mol. The zero-order valence-corrected chi connectivity index (χ0v) is 20.3. The number of esters is 3. The predicted octanol–water partition coefficient (Wildman–Crippen LogP) is 6.59. The zero-order valence-electron chi connectivity index (χ0n) is 20.3. The molecule has 0 aromatic heterocycles. The second kappa shape index (κ2) is 17.4. The molecule has 0 saturated heterocycles. The minimum Gasteiger partial charge on any atom is -0.469 e. The Balaban J connectivity index is 5.15. The fourth-order valence-corrected chi connectivity index (χ4v) is 3.42. The monoisotopic (exact) mass is 522 g/mol. The molecular formula is C23H36F6O6. The fraction of sp³-hybridized carbons (Fsp3) is 0.870. The van der Waals surface area contributed by atoms with Crippen molar-refractivity contribution in [3.63, 3.8) is 0 Å². The van der Waals surface area contributed by atoms with Crippen LogP contribution in [0.25, 0.3) is 0 Å². The molecule has 0 aromatic carbocycles. The molecule has 206 valence electrons. The summed E-state index contributed by atoms with van der Waals surface area (Å²) < 4.78 is 90.1. The highest BCUT2D eigenvalue weighted by atomic mass is 19.4. The van der Waals surface area contributed by atoms with Crippen molar-refractivity contribution < 1.29 is 54.9 Å². The van der Waals surface area contributed by atoms with Gasteiger partial charge in [0, 0.05) is 6.42 Å². The third-order valence-corrected chi connectivity index (χ3v) is 5.33. The molecule has 0 aliphatic carbocycles. The lowest BCUT2D eigenvalue weighted by Crippen LogP contribution is -2.41. The molecule has 0 radical (unpaired) electrons. The normalized spacial score (nSPS) is 13.7. The van der Waals surface area contributed by atoms with Crippen molar-refractivity contribution in [2.24, 2.45) is 0 Å². The van der Waals surface area contributed by atoms with Crippen molar-refractivity contribution in [2.45, 2.75) is 121 Å². The molecule has 0 aliphatic rings. The number of carbonyl (C=O) groups excluding carboxylic acids is 3. The SMILES string of the molecule is CCCCCCCCC(OC(=O)C(F)(F)F)C(CCCCCCCC(=O)OC)OC(=O)C(F)(F)F. The highest BCUT2D eigenvalue weighted by Gasteiger charge is 2.46. The van der Waals surface area contributed by atoms with Gasteiger partial charge in [0.2, 0.25) is 0 Å². The standard InChI is InChI=1S/C23H36F6O6/c1-3-4-5-6-8-11-14-17(34-20(31)22(24,25)26)18(35-21(32)23(27,28)29)15-12-9-7-10-13-16-19(30)33-2/h17-18H,3-16H2,1-2H3. The quantitative estimate of drug-likeness (QED) is 0.0875. The fourth-order valence-electron chi connectivity index (χ4n) is 3.42. The summed E-state index contributed by atoms with van der Waals surface area (Å²) in [4.78, 5) is 33.9. The molecule has 0 bridgehead atoms. The van der Waals surface area contributed by atoms with Crippen LogP contribution in [0.4, 0.5) is 26.3 Å². The number of rotatable bonds is 18. The largest absolute Gasteiger partial charge is 0.490 e. The number of carbonyl (C=O) groups is 3. The van der Waals surface area contributed by atoms with Gasteiger partial charge in [-0.2, -0.15) is 26.3 Å². The maximum Gasteiger partial charge on any atom is 0.490 e. The van der Waals surface area contributed by atoms with E-state index in [9.17, 15) is 40.7 Å². The second-order valence-electron chi connectivity index (χ2n) is 8.32. The Labute approximate surface area is 202 Å². The summed E-state index contributed by atoms with van der Waals surface area (Å²) >= 11 is 0. The van der Waals surface area contributed by atoms with Gasteiger partial charge in [-0.15, -0.1) is 0 Å². The maximum atomic E-state index is 12.8. The van der Waals surface area contributed by atoms with Gasteiger partial charge in [0.25, 0.3) is 0 Å². The average molecular weight is 523 g/mol. The number of alkyl halides is 6. The molecule has 0 rings (SSSR count). The van der Waals surface area contributed by atoms with E-state index in [4.69, 9.17) is 0 Å². The van der Waals surface area contributed by atoms with Crippen molar-refractivity contribution in [3.05, 3.63) is 0 Å². The molecule has 0 aliphatic heterocycles. The first-order valence-corrected chi connectivity index (χ1v) is 11.9. The Kier molecular flexibility index (Phi) is 16.4. The minimum absolute atomic E-state index is 0.164. The lowest BCUT2D eigenvalue weighted by Gasteiger charge is -2.28. The van der Waals surface area contributed by atoms with Crippen LogP contribution < -0.4 is 0 Å². The molecule has 12 heteroatoms. The lowest BCUT2D eigenvalue weighted by molar-refractivity contribution is -0.222. The first kappa shape index (κ1) is 33.0. The molecule has 2 atom stereocenters. The van der Waals surface area contributed by atoms with E-state index in [0.29, 0.717) is 38.5 Å². The topological polar surface area (TPSA) is 78.9 Å². The van der Waals surface area contributed by atoms with Crippen LogP contribution in [0.2, 0.25) is 0 Å². The van der Waals surface area contributed by atoms with Gasteiger partial charge in [0.15, 0.2) is 0 Å². The van der Waals surface area contributed by atoms with Gasteiger partial charge in [-0.05, 0) is 32.1 Å². The number of unbranched alkanes of at least 4 members (excludes halogenated alkanes) is 9. The molecule has 2 unspecified atom stereocenters. The smallest absolute Gasteiger partial charge is 0.469 e. The lowest BCUT2D eigenvalue weighted by atomic mass is 9.99. The van der Waals surface area contributed by atoms with Crippen LogP contribution in [0, 0.1) is 0 Å². The van der Waals surface area contributed by atoms with Crippen LogP contribution in [-0.4, -0.2) is 49.6 Å². The van der Waals surface area contributed by atoms with E-state index >= 15 is 0 Å².